The van der Waals surface area contributed by atoms with E-state index in [2.05, 4.69) is 21.3 Å². The van der Waals surface area contributed by atoms with Crippen LogP contribution in [0.2, 0.25) is 0 Å². The maximum atomic E-state index is 12.0. The van der Waals surface area contributed by atoms with E-state index in [0.717, 1.165) is 37.9 Å². The van der Waals surface area contributed by atoms with Gasteiger partial charge in [0.2, 0.25) is 11.8 Å². The van der Waals surface area contributed by atoms with Gasteiger partial charge in [-0.2, -0.15) is 11.8 Å². The lowest BCUT2D eigenvalue weighted by molar-refractivity contribution is -0.124. The Bertz CT molecular complexity index is 629. The molecule has 0 spiro atoms. The number of thioether (sulfide) groups is 1. The summed E-state index contributed by atoms with van der Waals surface area (Å²) >= 11 is 1.91. The second-order valence-electron chi connectivity index (χ2n) is 8.54. The van der Waals surface area contributed by atoms with E-state index in [4.69, 9.17) is 18.9 Å². The van der Waals surface area contributed by atoms with E-state index in [-0.39, 0.29) is 36.5 Å². The summed E-state index contributed by atoms with van der Waals surface area (Å²) in [4.78, 5) is 34.5. The van der Waals surface area contributed by atoms with Crippen molar-refractivity contribution < 1.29 is 33.3 Å². The number of hydrogen-bond donors (Lipinski definition) is 4. The van der Waals surface area contributed by atoms with E-state index in [1.165, 1.54) is 7.11 Å². The minimum absolute atomic E-state index is 0.0544. The Morgan fingerprint density at radius 3 is 2.17 bits per heavy atom. The van der Waals surface area contributed by atoms with Gasteiger partial charge in [-0.05, 0) is 25.7 Å². The number of ether oxygens (including phenoxy) is 4. The van der Waals surface area contributed by atoms with Gasteiger partial charge in [0.15, 0.2) is 0 Å². The maximum absolute atomic E-state index is 12.0. The summed E-state index contributed by atoms with van der Waals surface area (Å²) in [7, 11) is 1.49. The highest BCUT2D eigenvalue weighted by Gasteiger charge is 2.42. The molecule has 2 aliphatic rings. The Hall–Kier alpha value is -1.60. The maximum Gasteiger partial charge on any atom is 0.315 e. The second-order valence-corrected chi connectivity index (χ2v) is 9.82. The zero-order valence-electron chi connectivity index (χ0n) is 20.8. The molecule has 35 heavy (non-hydrogen) atoms. The third-order valence-electron chi connectivity index (χ3n) is 5.68. The van der Waals surface area contributed by atoms with Crippen LogP contribution in [0.1, 0.15) is 38.5 Å². The van der Waals surface area contributed by atoms with Gasteiger partial charge in [-0.3, -0.25) is 9.59 Å². The van der Waals surface area contributed by atoms with Crippen LogP contribution in [0.3, 0.4) is 0 Å². The lowest BCUT2D eigenvalue weighted by Gasteiger charge is -2.16. The zero-order chi connectivity index (χ0) is 25.1. The minimum atomic E-state index is -0.124. The zero-order valence-corrected chi connectivity index (χ0v) is 21.6. The molecule has 4 N–H and O–H groups in total. The van der Waals surface area contributed by atoms with Crippen molar-refractivity contribution in [3.05, 3.63) is 0 Å². The molecular weight excluding hydrogens is 476 g/mol. The van der Waals surface area contributed by atoms with Crippen molar-refractivity contribution >= 4 is 29.6 Å². The third kappa shape index (κ3) is 13.3. The summed E-state index contributed by atoms with van der Waals surface area (Å²) < 4.78 is 21.1. The molecular formula is C23H42N4O7S. The van der Waals surface area contributed by atoms with Crippen LogP contribution in [-0.2, 0) is 28.5 Å². The van der Waals surface area contributed by atoms with Crippen molar-refractivity contribution in [2.45, 2.75) is 55.9 Å². The molecule has 2 saturated heterocycles. The molecule has 3 atom stereocenters. The lowest BCUT2D eigenvalue weighted by Crippen LogP contribution is -2.36. The van der Waals surface area contributed by atoms with Gasteiger partial charge in [-0.1, -0.05) is 6.42 Å². The van der Waals surface area contributed by atoms with Gasteiger partial charge in [-0.25, -0.2) is 4.79 Å². The molecule has 0 saturated carbocycles. The van der Waals surface area contributed by atoms with Gasteiger partial charge in [-0.15, -0.1) is 0 Å². The molecule has 0 aromatic rings. The highest BCUT2D eigenvalue weighted by Crippen LogP contribution is 2.33. The molecule has 2 rings (SSSR count). The highest BCUT2D eigenvalue weighted by atomic mass is 32.2. The number of urea groups is 1. The van der Waals surface area contributed by atoms with E-state index in [1.807, 2.05) is 11.8 Å². The Balaban J connectivity index is 1.27. The fraction of sp³-hybridized carbons (Fsp3) is 0.870. The summed E-state index contributed by atoms with van der Waals surface area (Å²) in [6.07, 6.45) is 4.93. The largest absolute Gasteiger partial charge is 0.379 e. The van der Waals surface area contributed by atoms with Crippen LogP contribution in [0, 0.1) is 0 Å². The Morgan fingerprint density at radius 2 is 1.51 bits per heavy atom. The number of amides is 4. The second kappa shape index (κ2) is 18.6. The monoisotopic (exact) mass is 518 g/mol. The van der Waals surface area contributed by atoms with Crippen LogP contribution in [0.15, 0.2) is 0 Å². The molecule has 0 aromatic carbocycles. The molecule has 202 valence electrons. The molecule has 0 unspecified atom stereocenters. The van der Waals surface area contributed by atoms with Crippen molar-refractivity contribution in [3.8, 4) is 0 Å². The molecule has 4 amide bonds. The topological polar surface area (TPSA) is 136 Å². The number of unbranched alkanes of at least 4 members (excludes halogenated alkanes) is 1. The number of carbonyl (C=O) groups excluding carboxylic acids is 3. The van der Waals surface area contributed by atoms with Crippen molar-refractivity contribution in [3.63, 3.8) is 0 Å². The summed E-state index contributed by atoms with van der Waals surface area (Å²) in [5.74, 6) is 0.927. The number of methoxy groups -OCH3 is 1. The van der Waals surface area contributed by atoms with Crippen LogP contribution < -0.4 is 21.3 Å². The van der Waals surface area contributed by atoms with Gasteiger partial charge in [0, 0.05) is 50.8 Å². The van der Waals surface area contributed by atoms with Crippen molar-refractivity contribution in [1.82, 2.24) is 21.3 Å². The molecule has 12 heteroatoms. The molecule has 0 aliphatic carbocycles. The first-order chi connectivity index (χ1) is 17.1. The highest BCUT2D eigenvalue weighted by molar-refractivity contribution is 8.00. The first-order valence-corrected chi connectivity index (χ1v) is 13.6. The van der Waals surface area contributed by atoms with Crippen LogP contribution in [0.25, 0.3) is 0 Å². The lowest BCUT2D eigenvalue weighted by atomic mass is 10.0. The van der Waals surface area contributed by atoms with E-state index in [9.17, 15) is 14.4 Å². The molecule has 0 bridgehead atoms. The summed E-state index contributed by atoms with van der Waals surface area (Å²) in [6, 6.07) is 0.438. The Morgan fingerprint density at radius 1 is 0.886 bits per heavy atom. The van der Waals surface area contributed by atoms with Gasteiger partial charge in [0.1, 0.15) is 6.61 Å². The molecule has 0 aromatic heterocycles. The van der Waals surface area contributed by atoms with Gasteiger partial charge >= 0.3 is 6.03 Å². The van der Waals surface area contributed by atoms with Gasteiger partial charge in [0.05, 0.1) is 38.5 Å². The SMILES string of the molecule is COCC(=O)NCCCOCCOCCOCCCNC(=O)CCCC[C@@H]1SC[C@@H]2NC(=O)N[C@@H]21. The first kappa shape index (κ1) is 29.6. The fourth-order valence-electron chi connectivity index (χ4n) is 3.89. The smallest absolute Gasteiger partial charge is 0.315 e. The quantitative estimate of drug-likeness (QED) is 0.127. The molecule has 0 radical (unpaired) electrons. The standard InChI is InChI=1S/C23H42N4O7S/c1-31-16-21(29)25-9-5-11-33-13-15-34-14-12-32-10-4-8-24-20(28)7-3-2-6-19-22-18(17-35-19)26-23(30)27-22/h18-19,22H,2-17H2,1H3,(H,24,28)(H,25,29)(H2,26,27,30)/t18-,19-,22-/m0/s1. The third-order valence-corrected chi connectivity index (χ3v) is 7.18. The van der Waals surface area contributed by atoms with Crippen LogP contribution in [0.4, 0.5) is 4.79 Å². The summed E-state index contributed by atoms with van der Waals surface area (Å²) in [6.45, 7) is 4.42. The van der Waals surface area contributed by atoms with Crippen LogP contribution >= 0.6 is 11.8 Å². The average molecular weight is 519 g/mol. The van der Waals surface area contributed by atoms with Crippen LogP contribution in [0.5, 0.6) is 0 Å². The molecule has 2 fully saturated rings. The number of fused-ring (bicyclic) bond motifs is 1. The number of carbonyl (C=O) groups is 3. The summed E-state index contributed by atoms with van der Waals surface area (Å²) in [5, 5.41) is 12.1. The normalized spacial score (nSPS) is 20.8. The Kier molecular flexibility index (Phi) is 15.8. The minimum Gasteiger partial charge on any atom is -0.379 e. The Labute approximate surface area is 212 Å². The van der Waals surface area contributed by atoms with Crippen molar-refractivity contribution in [1.29, 1.82) is 0 Å². The van der Waals surface area contributed by atoms with Crippen molar-refractivity contribution in [2.75, 3.05) is 72.2 Å². The van der Waals surface area contributed by atoms with E-state index >= 15 is 0 Å². The van der Waals surface area contributed by atoms with Gasteiger partial charge in [0.25, 0.3) is 0 Å². The predicted molar refractivity (Wildman–Crippen MR) is 134 cm³/mol. The number of rotatable bonds is 21. The predicted octanol–water partition coefficient (Wildman–Crippen LogP) is 0.421. The van der Waals surface area contributed by atoms with E-state index in [0.29, 0.717) is 64.4 Å². The first-order valence-electron chi connectivity index (χ1n) is 12.5. The average Bonchev–Trinajstić information content (AvgIpc) is 3.38. The molecule has 2 heterocycles. The van der Waals surface area contributed by atoms with E-state index < -0.39 is 0 Å². The number of nitrogens with one attached hydrogen (secondary N) is 4. The molecule has 2 aliphatic heterocycles. The van der Waals surface area contributed by atoms with Crippen molar-refractivity contribution in [2.24, 2.45) is 0 Å². The van der Waals surface area contributed by atoms with Crippen LogP contribution in [-0.4, -0.2) is 107 Å². The summed E-state index contributed by atoms with van der Waals surface area (Å²) in [5.41, 5.74) is 0. The molecule has 11 nitrogen and oxygen atoms in total. The number of hydrogen-bond acceptors (Lipinski definition) is 8. The fourth-order valence-corrected chi connectivity index (χ4v) is 5.43. The van der Waals surface area contributed by atoms with Gasteiger partial charge < -0.3 is 40.2 Å². The van der Waals surface area contributed by atoms with E-state index in [1.54, 1.807) is 0 Å².